The third-order valence-corrected chi connectivity index (χ3v) is 4.50. The first-order valence-electron chi connectivity index (χ1n) is 7.05. The highest BCUT2D eigenvalue weighted by molar-refractivity contribution is 5.99. The summed E-state index contributed by atoms with van der Waals surface area (Å²) in [6.07, 6.45) is 7.86. The molecule has 2 aliphatic rings. The fourth-order valence-corrected chi connectivity index (χ4v) is 3.80. The number of nitrogens with zero attached hydrogens (tertiary/aromatic N) is 1. The highest BCUT2D eigenvalue weighted by Gasteiger charge is 2.34. The van der Waals surface area contributed by atoms with E-state index in [0.29, 0.717) is 18.2 Å². The maximum atomic E-state index is 12.2. The maximum Gasteiger partial charge on any atom is 0.164 e. The van der Waals surface area contributed by atoms with Crippen LogP contribution in [0.1, 0.15) is 72.9 Å². The minimum Gasteiger partial charge on any atom is -0.345 e. The van der Waals surface area contributed by atoms with Crippen molar-refractivity contribution in [3.63, 3.8) is 0 Å². The highest BCUT2D eigenvalue weighted by Crippen LogP contribution is 2.41. The molecule has 1 aromatic heterocycles. The smallest absolute Gasteiger partial charge is 0.164 e. The Bertz CT molecular complexity index is 466. The molecule has 2 aliphatic heterocycles. The van der Waals surface area contributed by atoms with Crippen LogP contribution in [0.15, 0.2) is 0 Å². The minimum atomic E-state index is 0.361. The van der Waals surface area contributed by atoms with E-state index in [2.05, 4.69) is 11.5 Å². The zero-order valence-electron chi connectivity index (χ0n) is 10.9. The van der Waals surface area contributed by atoms with Crippen molar-refractivity contribution in [1.29, 1.82) is 0 Å². The summed E-state index contributed by atoms with van der Waals surface area (Å²) < 4.78 is 2.53. The lowest BCUT2D eigenvalue weighted by Gasteiger charge is -2.23. The summed E-state index contributed by atoms with van der Waals surface area (Å²) in [5.74, 6) is 0.361. The van der Waals surface area contributed by atoms with Gasteiger partial charge in [-0.05, 0) is 44.1 Å². The molecule has 0 radical (unpaired) electrons. The molecule has 0 amide bonds. The summed E-state index contributed by atoms with van der Waals surface area (Å²) in [6.45, 7) is 4.18. The third kappa shape index (κ3) is 1.42. The first-order chi connectivity index (χ1) is 8.27. The summed E-state index contributed by atoms with van der Waals surface area (Å²) in [4.78, 5) is 12.2. The molecule has 0 unspecified atom stereocenters. The van der Waals surface area contributed by atoms with Crippen LogP contribution in [0.4, 0.5) is 0 Å². The Morgan fingerprint density at radius 3 is 2.76 bits per heavy atom. The normalized spacial score (nSPS) is 21.6. The first-order valence-corrected chi connectivity index (χ1v) is 7.05. The van der Waals surface area contributed by atoms with Gasteiger partial charge in [-0.15, -0.1) is 0 Å². The summed E-state index contributed by atoms with van der Waals surface area (Å²) >= 11 is 0. The van der Waals surface area contributed by atoms with Crippen LogP contribution in [0.25, 0.3) is 0 Å². The summed E-state index contributed by atoms with van der Waals surface area (Å²) in [5, 5.41) is 0. The molecule has 2 nitrogen and oxygen atoms in total. The van der Waals surface area contributed by atoms with E-state index < -0.39 is 0 Å². The van der Waals surface area contributed by atoms with Gasteiger partial charge < -0.3 is 4.57 Å². The Balaban J connectivity index is 2.22. The second-order valence-corrected chi connectivity index (χ2v) is 5.33. The van der Waals surface area contributed by atoms with Gasteiger partial charge in [0.2, 0.25) is 0 Å². The van der Waals surface area contributed by atoms with Crippen molar-refractivity contribution in [2.45, 2.75) is 64.8 Å². The molecule has 0 saturated heterocycles. The minimum absolute atomic E-state index is 0.361. The van der Waals surface area contributed by atoms with E-state index in [4.69, 9.17) is 0 Å². The van der Waals surface area contributed by atoms with Gasteiger partial charge in [0.15, 0.2) is 5.78 Å². The molecule has 0 bridgehead atoms. The topological polar surface area (TPSA) is 22.0 Å². The number of Topliss-reactive ketones (excluding diaryl/α,β-unsaturated/α-hetero) is 1. The Kier molecular flexibility index (Phi) is 2.61. The molecule has 0 aromatic carbocycles. The molecule has 92 valence electrons. The van der Waals surface area contributed by atoms with E-state index >= 15 is 0 Å². The van der Waals surface area contributed by atoms with Crippen LogP contribution in [0.2, 0.25) is 0 Å². The van der Waals surface area contributed by atoms with Crippen LogP contribution >= 0.6 is 0 Å². The Hall–Kier alpha value is -1.05. The van der Waals surface area contributed by atoms with Gasteiger partial charge >= 0.3 is 0 Å². The van der Waals surface area contributed by atoms with Gasteiger partial charge in [0.1, 0.15) is 0 Å². The molecular weight excluding hydrogens is 210 g/mol. The third-order valence-electron chi connectivity index (χ3n) is 4.50. The van der Waals surface area contributed by atoms with Crippen LogP contribution in [0.5, 0.6) is 0 Å². The van der Waals surface area contributed by atoms with Gasteiger partial charge in [-0.1, -0.05) is 13.8 Å². The predicted octanol–water partition coefficient (Wildman–Crippen LogP) is 3.47. The van der Waals surface area contributed by atoms with E-state index in [1.54, 1.807) is 0 Å². The predicted molar refractivity (Wildman–Crippen MR) is 68.7 cm³/mol. The molecule has 0 spiro atoms. The fourth-order valence-electron chi connectivity index (χ4n) is 3.80. The van der Waals surface area contributed by atoms with Crippen molar-refractivity contribution in [1.82, 2.24) is 4.57 Å². The number of carbonyl (C=O) groups is 1. The molecule has 1 atom stereocenters. The Labute approximate surface area is 103 Å². The van der Waals surface area contributed by atoms with Crippen molar-refractivity contribution in [3.8, 4) is 0 Å². The van der Waals surface area contributed by atoms with E-state index in [-0.39, 0.29) is 0 Å². The number of aromatic nitrogens is 1. The van der Waals surface area contributed by atoms with Gasteiger partial charge in [0, 0.05) is 29.4 Å². The van der Waals surface area contributed by atoms with Gasteiger partial charge in [-0.2, -0.15) is 0 Å². The Morgan fingerprint density at radius 2 is 2.06 bits per heavy atom. The van der Waals surface area contributed by atoms with Crippen molar-refractivity contribution in [2.24, 2.45) is 0 Å². The molecular formula is C15H21NO. The summed E-state index contributed by atoms with van der Waals surface area (Å²) in [7, 11) is 0. The number of carbonyl (C=O) groups excluding carboxylic acids is 1. The van der Waals surface area contributed by atoms with Crippen molar-refractivity contribution in [2.75, 3.05) is 0 Å². The molecule has 0 fully saturated rings. The van der Waals surface area contributed by atoms with Crippen LogP contribution in [0.3, 0.4) is 0 Å². The monoisotopic (exact) mass is 231 g/mol. The van der Waals surface area contributed by atoms with Crippen LogP contribution in [0, 0.1) is 0 Å². The van der Waals surface area contributed by atoms with Crippen LogP contribution in [-0.4, -0.2) is 10.4 Å². The molecule has 3 heterocycles. The van der Waals surface area contributed by atoms with Gasteiger partial charge in [-0.25, -0.2) is 0 Å². The average Bonchev–Trinajstić information content (AvgIpc) is 2.92. The zero-order valence-corrected chi connectivity index (χ0v) is 10.9. The van der Waals surface area contributed by atoms with Crippen molar-refractivity contribution in [3.05, 3.63) is 22.5 Å². The molecule has 1 aromatic rings. The Morgan fingerprint density at radius 1 is 1.24 bits per heavy atom. The standard InChI is InChI=1S/C15H21NO/c1-3-11-12-7-5-6-10-8-9-13(16(10)12)15(11)14(17)4-2/h10H,3-9H2,1-2H3/t10-/m1/s1. The van der Waals surface area contributed by atoms with Crippen LogP contribution in [-0.2, 0) is 19.3 Å². The number of rotatable bonds is 3. The molecule has 2 heteroatoms. The second kappa shape index (κ2) is 4.01. The lowest BCUT2D eigenvalue weighted by Crippen LogP contribution is -2.14. The zero-order chi connectivity index (χ0) is 12.0. The van der Waals surface area contributed by atoms with E-state index in [1.807, 2.05) is 6.92 Å². The lowest BCUT2D eigenvalue weighted by atomic mass is 9.93. The van der Waals surface area contributed by atoms with Crippen molar-refractivity contribution >= 4 is 5.78 Å². The van der Waals surface area contributed by atoms with Crippen LogP contribution < -0.4 is 0 Å². The van der Waals surface area contributed by atoms with E-state index in [1.165, 1.54) is 42.6 Å². The maximum absolute atomic E-state index is 12.2. The van der Waals surface area contributed by atoms with Gasteiger partial charge in [0.05, 0.1) is 0 Å². The summed E-state index contributed by atoms with van der Waals surface area (Å²) in [6, 6.07) is 0.706. The van der Waals surface area contributed by atoms with E-state index in [9.17, 15) is 4.79 Å². The first kappa shape index (κ1) is 11.1. The molecule has 0 N–H and O–H groups in total. The fraction of sp³-hybridized carbons (Fsp3) is 0.667. The van der Waals surface area contributed by atoms with Gasteiger partial charge in [0.25, 0.3) is 0 Å². The lowest BCUT2D eigenvalue weighted by molar-refractivity contribution is 0.0986. The summed E-state index contributed by atoms with van der Waals surface area (Å²) in [5.41, 5.74) is 5.34. The number of ketones is 1. The van der Waals surface area contributed by atoms with Gasteiger partial charge in [-0.3, -0.25) is 4.79 Å². The molecule has 0 aliphatic carbocycles. The van der Waals surface area contributed by atoms with E-state index in [0.717, 1.165) is 18.4 Å². The molecule has 3 rings (SSSR count). The molecule has 0 saturated carbocycles. The second-order valence-electron chi connectivity index (χ2n) is 5.33. The number of hydrogen-bond donors (Lipinski definition) is 0. The average molecular weight is 231 g/mol. The SMILES string of the molecule is CCC(=O)c1c(CC)c2n3c1CC[C@H]3CCC2. The molecule has 17 heavy (non-hydrogen) atoms. The quantitative estimate of drug-likeness (QED) is 0.730. The number of hydrogen-bond acceptors (Lipinski definition) is 1. The van der Waals surface area contributed by atoms with Crippen molar-refractivity contribution < 1.29 is 4.79 Å². The largest absolute Gasteiger partial charge is 0.345 e. The highest BCUT2D eigenvalue weighted by atomic mass is 16.1.